The second-order valence-electron chi connectivity index (χ2n) is 2.84. The van der Waals surface area contributed by atoms with Crippen LogP contribution in [0.4, 0.5) is 0 Å². The average molecular weight is 173 g/mol. The quantitative estimate of drug-likeness (QED) is 0.472. The molecule has 5 N–H and O–H groups in total. The summed E-state index contributed by atoms with van der Waals surface area (Å²) in [4.78, 5) is 11.0. The van der Waals surface area contributed by atoms with E-state index < -0.39 is 0 Å². The van der Waals surface area contributed by atoms with Gasteiger partial charge in [-0.2, -0.15) is 0 Å². The largest absolute Gasteiger partial charge is 0.330 e. The standard InChI is InChI=1S/C8H19N3O/c1-7(12)8(3-2-4-9)11-6-5-10/h8,11H,2-6,9-10H2,1H3. The Morgan fingerprint density at radius 3 is 2.50 bits per heavy atom. The van der Waals surface area contributed by atoms with Gasteiger partial charge < -0.3 is 16.8 Å². The Labute approximate surface area is 73.7 Å². The molecule has 0 aromatic heterocycles. The summed E-state index contributed by atoms with van der Waals surface area (Å²) >= 11 is 0. The van der Waals surface area contributed by atoms with Crippen LogP contribution in [0.25, 0.3) is 0 Å². The molecule has 0 rings (SSSR count). The maximum absolute atomic E-state index is 11.0. The van der Waals surface area contributed by atoms with Crippen molar-refractivity contribution in [2.45, 2.75) is 25.8 Å². The fourth-order valence-corrected chi connectivity index (χ4v) is 1.03. The number of nitrogens with one attached hydrogen (secondary N) is 1. The van der Waals surface area contributed by atoms with Gasteiger partial charge in [-0.25, -0.2) is 0 Å². The Kier molecular flexibility index (Phi) is 6.94. The topological polar surface area (TPSA) is 81.1 Å². The van der Waals surface area contributed by atoms with Gasteiger partial charge in [-0.05, 0) is 26.3 Å². The molecule has 0 aliphatic heterocycles. The third kappa shape index (κ3) is 5.23. The summed E-state index contributed by atoms with van der Waals surface area (Å²) in [5, 5.41) is 3.07. The van der Waals surface area contributed by atoms with Crippen molar-refractivity contribution in [1.29, 1.82) is 0 Å². The average Bonchev–Trinajstić information content (AvgIpc) is 2.04. The highest BCUT2D eigenvalue weighted by Gasteiger charge is 2.11. The third-order valence-corrected chi connectivity index (χ3v) is 1.72. The van der Waals surface area contributed by atoms with Crippen LogP contribution in [0.2, 0.25) is 0 Å². The number of hydrogen-bond donors (Lipinski definition) is 3. The van der Waals surface area contributed by atoms with Crippen LogP contribution in [0.15, 0.2) is 0 Å². The Morgan fingerprint density at radius 2 is 2.08 bits per heavy atom. The van der Waals surface area contributed by atoms with Crippen molar-refractivity contribution in [2.75, 3.05) is 19.6 Å². The van der Waals surface area contributed by atoms with Crippen molar-refractivity contribution in [3.63, 3.8) is 0 Å². The van der Waals surface area contributed by atoms with Crippen LogP contribution in [0.3, 0.4) is 0 Å². The molecule has 4 nitrogen and oxygen atoms in total. The number of Topliss-reactive ketones (excluding diaryl/α,β-unsaturated/α-hetero) is 1. The molecule has 0 saturated carbocycles. The van der Waals surface area contributed by atoms with Crippen molar-refractivity contribution in [3.05, 3.63) is 0 Å². The summed E-state index contributed by atoms with van der Waals surface area (Å²) in [5.74, 6) is 0.164. The summed E-state index contributed by atoms with van der Waals surface area (Å²) in [6.07, 6.45) is 1.69. The lowest BCUT2D eigenvalue weighted by molar-refractivity contribution is -0.119. The smallest absolute Gasteiger partial charge is 0.146 e. The van der Waals surface area contributed by atoms with Gasteiger partial charge in [0, 0.05) is 13.1 Å². The highest BCUT2D eigenvalue weighted by atomic mass is 16.1. The van der Waals surface area contributed by atoms with Gasteiger partial charge in [0.25, 0.3) is 0 Å². The molecule has 0 heterocycles. The van der Waals surface area contributed by atoms with Crippen molar-refractivity contribution in [1.82, 2.24) is 5.32 Å². The molecule has 0 radical (unpaired) electrons. The van der Waals surface area contributed by atoms with Crippen molar-refractivity contribution in [3.8, 4) is 0 Å². The zero-order chi connectivity index (χ0) is 9.40. The van der Waals surface area contributed by atoms with Crippen molar-refractivity contribution < 1.29 is 4.79 Å². The van der Waals surface area contributed by atoms with E-state index in [2.05, 4.69) is 5.32 Å². The number of carbonyl (C=O) groups excluding carboxylic acids is 1. The Bertz CT molecular complexity index is 119. The van der Waals surface area contributed by atoms with E-state index in [4.69, 9.17) is 11.5 Å². The van der Waals surface area contributed by atoms with Gasteiger partial charge in [-0.3, -0.25) is 4.79 Å². The zero-order valence-corrected chi connectivity index (χ0v) is 7.68. The Morgan fingerprint density at radius 1 is 1.42 bits per heavy atom. The molecule has 0 spiro atoms. The summed E-state index contributed by atoms with van der Waals surface area (Å²) in [5.41, 5.74) is 10.6. The van der Waals surface area contributed by atoms with Crippen LogP contribution in [-0.2, 0) is 4.79 Å². The number of rotatable bonds is 7. The maximum atomic E-state index is 11.0. The molecule has 0 aliphatic carbocycles. The van der Waals surface area contributed by atoms with E-state index >= 15 is 0 Å². The third-order valence-electron chi connectivity index (χ3n) is 1.72. The summed E-state index contributed by atoms with van der Waals surface area (Å²) in [7, 11) is 0. The van der Waals surface area contributed by atoms with E-state index in [-0.39, 0.29) is 11.8 Å². The molecule has 0 aromatic rings. The molecule has 0 aliphatic rings. The number of nitrogens with two attached hydrogens (primary N) is 2. The molecule has 0 fully saturated rings. The predicted molar refractivity (Wildman–Crippen MR) is 49.8 cm³/mol. The second kappa shape index (κ2) is 7.21. The van der Waals surface area contributed by atoms with Crippen molar-refractivity contribution >= 4 is 5.78 Å². The van der Waals surface area contributed by atoms with Crippen LogP contribution < -0.4 is 16.8 Å². The lowest BCUT2D eigenvalue weighted by atomic mass is 10.1. The molecule has 1 unspecified atom stereocenters. The van der Waals surface area contributed by atoms with E-state index in [9.17, 15) is 4.79 Å². The number of ketones is 1. The zero-order valence-electron chi connectivity index (χ0n) is 7.68. The summed E-state index contributed by atoms with van der Waals surface area (Å²) in [6, 6.07) is -0.0582. The van der Waals surface area contributed by atoms with Gasteiger partial charge in [0.2, 0.25) is 0 Å². The Hall–Kier alpha value is -0.450. The summed E-state index contributed by atoms with van der Waals surface area (Å²) in [6.45, 7) is 3.47. The molecule has 0 saturated heterocycles. The lowest BCUT2D eigenvalue weighted by Gasteiger charge is -2.14. The van der Waals surface area contributed by atoms with Crippen LogP contribution in [0.5, 0.6) is 0 Å². The molecule has 0 bridgehead atoms. The molecule has 1 atom stereocenters. The monoisotopic (exact) mass is 173 g/mol. The molecule has 0 amide bonds. The van der Waals surface area contributed by atoms with Gasteiger partial charge in [0.15, 0.2) is 0 Å². The molecular formula is C8H19N3O. The molecule has 0 aromatic carbocycles. The first-order valence-electron chi connectivity index (χ1n) is 4.36. The van der Waals surface area contributed by atoms with Gasteiger partial charge in [-0.1, -0.05) is 0 Å². The maximum Gasteiger partial charge on any atom is 0.146 e. The number of carbonyl (C=O) groups is 1. The minimum absolute atomic E-state index is 0.0582. The Balaban J connectivity index is 3.62. The van der Waals surface area contributed by atoms with Gasteiger partial charge in [0.1, 0.15) is 5.78 Å². The van der Waals surface area contributed by atoms with Crippen LogP contribution in [0, 0.1) is 0 Å². The highest BCUT2D eigenvalue weighted by Crippen LogP contribution is 1.96. The highest BCUT2D eigenvalue weighted by molar-refractivity contribution is 5.81. The molecule has 72 valence electrons. The van der Waals surface area contributed by atoms with Crippen LogP contribution in [0.1, 0.15) is 19.8 Å². The van der Waals surface area contributed by atoms with Gasteiger partial charge >= 0.3 is 0 Å². The van der Waals surface area contributed by atoms with E-state index in [1.165, 1.54) is 0 Å². The SMILES string of the molecule is CC(=O)C(CCCN)NCCN. The van der Waals surface area contributed by atoms with Crippen LogP contribution >= 0.6 is 0 Å². The second-order valence-corrected chi connectivity index (χ2v) is 2.84. The summed E-state index contributed by atoms with van der Waals surface area (Å²) < 4.78 is 0. The molecular weight excluding hydrogens is 154 g/mol. The van der Waals surface area contributed by atoms with E-state index in [1.54, 1.807) is 6.92 Å². The first-order chi connectivity index (χ1) is 5.72. The van der Waals surface area contributed by atoms with Crippen LogP contribution in [-0.4, -0.2) is 31.5 Å². The van der Waals surface area contributed by atoms with Crippen molar-refractivity contribution in [2.24, 2.45) is 11.5 Å². The van der Waals surface area contributed by atoms with E-state index in [1.807, 2.05) is 0 Å². The molecule has 4 heteroatoms. The van der Waals surface area contributed by atoms with E-state index in [0.717, 1.165) is 12.8 Å². The predicted octanol–water partition coefficient (Wildman–Crippen LogP) is -0.769. The van der Waals surface area contributed by atoms with Gasteiger partial charge in [0.05, 0.1) is 6.04 Å². The van der Waals surface area contributed by atoms with Gasteiger partial charge in [-0.15, -0.1) is 0 Å². The fraction of sp³-hybridized carbons (Fsp3) is 0.875. The molecule has 12 heavy (non-hydrogen) atoms. The van der Waals surface area contributed by atoms with E-state index in [0.29, 0.717) is 19.6 Å². The lowest BCUT2D eigenvalue weighted by Crippen LogP contribution is -2.38. The number of hydrogen-bond acceptors (Lipinski definition) is 4. The first-order valence-corrected chi connectivity index (χ1v) is 4.36. The minimum Gasteiger partial charge on any atom is -0.330 e. The normalized spacial score (nSPS) is 12.9. The minimum atomic E-state index is -0.0582. The fourth-order valence-electron chi connectivity index (χ4n) is 1.03. The first kappa shape index (κ1) is 11.6.